The molecule has 1 aliphatic rings. The minimum atomic E-state index is -0.187. The van der Waals surface area contributed by atoms with E-state index >= 15 is 0 Å². The van der Waals surface area contributed by atoms with E-state index in [1.165, 1.54) is 11.3 Å². The first-order valence-corrected chi connectivity index (χ1v) is 11.9. The average molecular weight is 465 g/mol. The molecule has 0 atom stereocenters. The maximum atomic E-state index is 12.7. The number of hydrogen-bond acceptors (Lipinski definition) is 6. The molecule has 1 fully saturated rings. The molecule has 1 aliphatic heterocycles. The zero-order valence-corrected chi connectivity index (χ0v) is 19.7. The van der Waals surface area contributed by atoms with Crippen LogP contribution in [0.25, 0.3) is 10.6 Å². The molecule has 2 amide bonds. The number of rotatable bonds is 7. The Morgan fingerprint density at radius 1 is 1.03 bits per heavy atom. The van der Waals surface area contributed by atoms with Crippen molar-refractivity contribution in [2.24, 2.45) is 0 Å². The van der Waals surface area contributed by atoms with Crippen molar-refractivity contribution in [3.05, 3.63) is 70.7 Å². The predicted octanol–water partition coefficient (Wildman–Crippen LogP) is 3.18. The molecule has 8 heteroatoms. The van der Waals surface area contributed by atoms with Crippen molar-refractivity contribution in [2.45, 2.75) is 6.42 Å². The van der Waals surface area contributed by atoms with Crippen LogP contribution in [0.3, 0.4) is 0 Å². The van der Waals surface area contributed by atoms with Gasteiger partial charge in [0, 0.05) is 49.2 Å². The summed E-state index contributed by atoms with van der Waals surface area (Å²) in [5.41, 5.74) is 3.10. The van der Waals surface area contributed by atoms with Crippen LogP contribution in [0.5, 0.6) is 5.75 Å². The average Bonchev–Trinajstić information content (AvgIpc) is 3.35. The fraction of sp³-hybridized carbons (Fsp3) is 0.320. The number of carbonyl (C=O) groups excluding carboxylic acids is 2. The minimum absolute atomic E-state index is 0.0608. The summed E-state index contributed by atoms with van der Waals surface area (Å²) < 4.78 is 5.16. The van der Waals surface area contributed by atoms with Gasteiger partial charge in [0.1, 0.15) is 16.5 Å². The number of ether oxygens (including phenoxy) is 1. The molecule has 2 heterocycles. The first-order valence-electron chi connectivity index (χ1n) is 11.0. The van der Waals surface area contributed by atoms with E-state index in [-0.39, 0.29) is 11.8 Å². The number of benzene rings is 2. The molecule has 0 unspecified atom stereocenters. The van der Waals surface area contributed by atoms with Crippen LogP contribution in [0.15, 0.2) is 53.9 Å². The third-order valence-corrected chi connectivity index (χ3v) is 6.66. The quantitative estimate of drug-likeness (QED) is 0.581. The predicted molar refractivity (Wildman–Crippen MR) is 130 cm³/mol. The molecule has 172 valence electrons. The molecule has 0 aliphatic carbocycles. The van der Waals surface area contributed by atoms with Crippen LogP contribution >= 0.6 is 11.3 Å². The molecule has 3 aromatic rings. The fourth-order valence-corrected chi connectivity index (χ4v) is 4.47. The smallest absolute Gasteiger partial charge is 0.270 e. The van der Waals surface area contributed by atoms with E-state index < -0.39 is 0 Å². The highest BCUT2D eigenvalue weighted by molar-refractivity contribution is 7.13. The third-order valence-electron chi connectivity index (χ3n) is 5.76. The number of nitrogens with one attached hydrogen (secondary N) is 1. The molecule has 33 heavy (non-hydrogen) atoms. The molecule has 1 saturated heterocycles. The Kier molecular flexibility index (Phi) is 7.36. The number of thiazole rings is 1. The molecule has 0 radical (unpaired) electrons. The molecule has 2 aromatic carbocycles. The van der Waals surface area contributed by atoms with Crippen LogP contribution < -0.4 is 10.1 Å². The van der Waals surface area contributed by atoms with Crippen LogP contribution in [0, 0.1) is 0 Å². The summed E-state index contributed by atoms with van der Waals surface area (Å²) in [7, 11) is 3.71. The van der Waals surface area contributed by atoms with Crippen molar-refractivity contribution in [3.63, 3.8) is 0 Å². The monoisotopic (exact) mass is 464 g/mol. The van der Waals surface area contributed by atoms with Crippen molar-refractivity contribution in [2.75, 3.05) is 46.9 Å². The Morgan fingerprint density at radius 3 is 2.39 bits per heavy atom. The first-order chi connectivity index (χ1) is 16.0. The van der Waals surface area contributed by atoms with E-state index in [9.17, 15) is 9.59 Å². The van der Waals surface area contributed by atoms with Gasteiger partial charge < -0.3 is 19.9 Å². The fourth-order valence-electron chi connectivity index (χ4n) is 3.66. The largest absolute Gasteiger partial charge is 0.497 e. The van der Waals surface area contributed by atoms with Gasteiger partial charge in [-0.3, -0.25) is 9.59 Å². The molecular weight excluding hydrogens is 436 g/mol. The number of methoxy groups -OCH3 is 1. The van der Waals surface area contributed by atoms with Gasteiger partial charge in [-0.25, -0.2) is 4.98 Å². The molecule has 0 spiro atoms. The Morgan fingerprint density at radius 2 is 1.73 bits per heavy atom. The number of likely N-dealkylation sites (N-methyl/N-ethyl adjacent to an activating group) is 1. The second kappa shape index (κ2) is 10.6. The lowest BCUT2D eigenvalue weighted by Gasteiger charge is -2.32. The second-order valence-electron chi connectivity index (χ2n) is 8.06. The van der Waals surface area contributed by atoms with Gasteiger partial charge >= 0.3 is 0 Å². The normalized spacial score (nSPS) is 14.2. The summed E-state index contributed by atoms with van der Waals surface area (Å²) >= 11 is 1.42. The maximum absolute atomic E-state index is 12.7. The van der Waals surface area contributed by atoms with Crippen molar-refractivity contribution in [1.29, 1.82) is 0 Å². The number of nitrogens with zero attached hydrogens (tertiary/aromatic N) is 3. The Balaban J connectivity index is 1.31. The highest BCUT2D eigenvalue weighted by Crippen LogP contribution is 2.24. The van der Waals surface area contributed by atoms with Crippen LogP contribution in [0.4, 0.5) is 0 Å². The summed E-state index contributed by atoms with van der Waals surface area (Å²) in [4.78, 5) is 33.8. The third kappa shape index (κ3) is 5.77. The molecule has 0 saturated carbocycles. The molecular formula is C25H28N4O3S. The highest BCUT2D eigenvalue weighted by atomic mass is 32.1. The van der Waals surface area contributed by atoms with Gasteiger partial charge in [-0.05, 0) is 43.3 Å². The Labute approximate surface area is 198 Å². The summed E-state index contributed by atoms with van der Waals surface area (Å²) in [6.45, 7) is 3.82. The number of aromatic nitrogens is 1. The minimum Gasteiger partial charge on any atom is -0.497 e. The van der Waals surface area contributed by atoms with Gasteiger partial charge in [-0.1, -0.05) is 24.3 Å². The molecule has 1 N–H and O–H groups in total. The number of hydrogen-bond donors (Lipinski definition) is 1. The van der Waals surface area contributed by atoms with Crippen molar-refractivity contribution < 1.29 is 14.3 Å². The van der Waals surface area contributed by atoms with Gasteiger partial charge in [-0.2, -0.15) is 0 Å². The van der Waals surface area contributed by atoms with E-state index in [1.807, 2.05) is 53.4 Å². The summed E-state index contributed by atoms with van der Waals surface area (Å²) in [5, 5.41) is 5.45. The van der Waals surface area contributed by atoms with Gasteiger partial charge in [0.2, 0.25) is 0 Å². The van der Waals surface area contributed by atoms with Crippen LogP contribution in [0.2, 0.25) is 0 Å². The molecule has 1 aromatic heterocycles. The van der Waals surface area contributed by atoms with E-state index in [0.717, 1.165) is 54.5 Å². The Bertz CT molecular complexity index is 1090. The molecule has 4 rings (SSSR count). The summed E-state index contributed by atoms with van der Waals surface area (Å²) in [5.74, 6) is 0.688. The second-order valence-corrected chi connectivity index (χ2v) is 8.92. The van der Waals surface area contributed by atoms with Gasteiger partial charge in [0.15, 0.2) is 0 Å². The van der Waals surface area contributed by atoms with Crippen molar-refractivity contribution in [1.82, 2.24) is 20.1 Å². The number of amides is 2. The van der Waals surface area contributed by atoms with Crippen LogP contribution in [-0.2, 0) is 6.42 Å². The van der Waals surface area contributed by atoms with E-state index in [1.54, 1.807) is 12.5 Å². The van der Waals surface area contributed by atoms with E-state index in [0.29, 0.717) is 17.8 Å². The first kappa shape index (κ1) is 22.9. The number of carbonyl (C=O) groups is 2. The molecule has 0 bridgehead atoms. The van der Waals surface area contributed by atoms with Crippen molar-refractivity contribution in [3.8, 4) is 16.3 Å². The lowest BCUT2D eigenvalue weighted by molar-refractivity contribution is 0.0664. The maximum Gasteiger partial charge on any atom is 0.270 e. The zero-order valence-electron chi connectivity index (χ0n) is 18.9. The van der Waals surface area contributed by atoms with Gasteiger partial charge in [0.25, 0.3) is 11.8 Å². The SMILES string of the molecule is COc1ccc(CCNC(=O)c2csc(-c3ccc(C(=O)N4CCN(C)CC4)cc3)n2)cc1. The van der Waals surface area contributed by atoms with Crippen molar-refractivity contribution >= 4 is 23.2 Å². The Hall–Kier alpha value is -3.23. The lowest BCUT2D eigenvalue weighted by atomic mass is 10.1. The standard InChI is InChI=1S/C25H28N4O3S/c1-28-13-15-29(16-14-28)25(31)20-7-5-19(6-8-20)24-27-22(17-33-24)23(30)26-12-11-18-3-9-21(32-2)10-4-18/h3-10,17H,11-16H2,1-2H3,(H,26,30). The summed E-state index contributed by atoms with van der Waals surface area (Å²) in [6.07, 6.45) is 0.732. The van der Waals surface area contributed by atoms with Gasteiger partial charge in [0.05, 0.1) is 7.11 Å². The molecule has 7 nitrogen and oxygen atoms in total. The van der Waals surface area contributed by atoms with Crippen LogP contribution in [-0.4, -0.2) is 73.5 Å². The van der Waals surface area contributed by atoms with E-state index in [4.69, 9.17) is 4.74 Å². The van der Waals surface area contributed by atoms with Gasteiger partial charge in [-0.15, -0.1) is 11.3 Å². The topological polar surface area (TPSA) is 74.8 Å². The highest BCUT2D eigenvalue weighted by Gasteiger charge is 2.20. The lowest BCUT2D eigenvalue weighted by Crippen LogP contribution is -2.47. The number of piperazine rings is 1. The van der Waals surface area contributed by atoms with Crippen LogP contribution in [0.1, 0.15) is 26.4 Å². The summed E-state index contributed by atoms with van der Waals surface area (Å²) in [6, 6.07) is 15.3. The van der Waals surface area contributed by atoms with E-state index in [2.05, 4.69) is 22.2 Å². The zero-order chi connectivity index (χ0) is 23.2.